The van der Waals surface area contributed by atoms with Gasteiger partial charge in [0.15, 0.2) is 0 Å². The minimum atomic E-state index is -0.485. The minimum Gasteiger partial charge on any atom is -0.370 e. The Morgan fingerprint density at radius 2 is 1.12 bits per heavy atom. The van der Waals surface area contributed by atoms with Crippen LogP contribution in [0.2, 0.25) is 0 Å². The Morgan fingerprint density at radius 3 is 1.46 bits per heavy atom. The second-order valence-corrected chi connectivity index (χ2v) is 6.34. The van der Waals surface area contributed by atoms with Gasteiger partial charge in [-0.15, -0.1) is 0 Å². The molecule has 0 fully saturated rings. The number of nitrogens with two attached hydrogens (primary N) is 1. The van der Waals surface area contributed by atoms with Gasteiger partial charge in [0.2, 0.25) is 5.91 Å². The highest BCUT2D eigenvalue weighted by Crippen LogP contribution is 2.36. The summed E-state index contributed by atoms with van der Waals surface area (Å²) in [5, 5.41) is 3.73. The second-order valence-electron chi connectivity index (χ2n) is 6.34. The molecule has 3 aromatic rings. The molecule has 132 valence electrons. The molecule has 0 atom stereocenters. The Kier molecular flexibility index (Phi) is 5.82. The summed E-state index contributed by atoms with van der Waals surface area (Å²) in [6, 6.07) is 31.3. The van der Waals surface area contributed by atoms with Crippen molar-refractivity contribution < 1.29 is 4.79 Å². The van der Waals surface area contributed by atoms with E-state index in [1.165, 1.54) is 0 Å². The molecule has 0 spiro atoms. The second kappa shape index (κ2) is 8.45. The van der Waals surface area contributed by atoms with Crippen LogP contribution in [-0.2, 0) is 10.3 Å². The molecule has 0 bridgehead atoms. The third kappa shape index (κ3) is 3.84. The number of rotatable bonds is 8. The van der Waals surface area contributed by atoms with Crippen LogP contribution in [0.15, 0.2) is 91.0 Å². The normalized spacial score (nSPS) is 11.2. The zero-order valence-corrected chi connectivity index (χ0v) is 14.8. The summed E-state index contributed by atoms with van der Waals surface area (Å²) in [5.74, 6) is -0.267. The molecule has 0 heterocycles. The lowest BCUT2D eigenvalue weighted by Gasteiger charge is -2.37. The Bertz CT molecular complexity index is 720. The van der Waals surface area contributed by atoms with Gasteiger partial charge < -0.3 is 5.73 Å². The van der Waals surface area contributed by atoms with E-state index in [1.54, 1.807) is 0 Å². The summed E-state index contributed by atoms with van der Waals surface area (Å²) in [6.45, 7) is 0.682. The fraction of sp³-hybridized carbons (Fsp3) is 0.174. The largest absolute Gasteiger partial charge is 0.370 e. The summed E-state index contributed by atoms with van der Waals surface area (Å²) in [7, 11) is 0. The van der Waals surface area contributed by atoms with E-state index in [2.05, 4.69) is 78.1 Å². The van der Waals surface area contributed by atoms with Crippen LogP contribution >= 0.6 is 0 Å². The van der Waals surface area contributed by atoms with Gasteiger partial charge in [0, 0.05) is 6.42 Å². The first-order valence-corrected chi connectivity index (χ1v) is 8.93. The molecule has 0 aliphatic carbocycles. The van der Waals surface area contributed by atoms with Crippen molar-refractivity contribution in [2.45, 2.75) is 18.4 Å². The van der Waals surface area contributed by atoms with Crippen LogP contribution in [0, 0.1) is 0 Å². The maximum absolute atomic E-state index is 11.1. The SMILES string of the molecule is NC(=O)CCCNC(c1ccccc1)(c1ccccc1)c1ccccc1. The molecule has 3 aromatic carbocycles. The number of hydrogen-bond donors (Lipinski definition) is 2. The highest BCUT2D eigenvalue weighted by Gasteiger charge is 2.35. The first-order valence-electron chi connectivity index (χ1n) is 8.93. The third-order valence-electron chi connectivity index (χ3n) is 4.61. The number of hydrogen-bond acceptors (Lipinski definition) is 2. The molecule has 3 N–H and O–H groups in total. The van der Waals surface area contributed by atoms with Crippen LogP contribution in [0.25, 0.3) is 0 Å². The van der Waals surface area contributed by atoms with Gasteiger partial charge in [-0.2, -0.15) is 0 Å². The molecule has 0 radical (unpaired) electrons. The van der Waals surface area contributed by atoms with Gasteiger partial charge in [-0.3, -0.25) is 10.1 Å². The maximum Gasteiger partial charge on any atom is 0.217 e. The standard InChI is InChI=1S/C23H24N2O/c24-22(26)17-10-18-25-23(19-11-4-1-5-12-19,20-13-6-2-7-14-20)21-15-8-3-9-16-21/h1-9,11-16,25H,10,17-18H2,(H2,24,26). The molecule has 0 saturated heterocycles. The lowest BCUT2D eigenvalue weighted by atomic mass is 9.77. The summed E-state index contributed by atoms with van der Waals surface area (Å²) < 4.78 is 0. The Labute approximate surface area is 154 Å². The lowest BCUT2D eigenvalue weighted by molar-refractivity contribution is -0.118. The Hall–Kier alpha value is -2.91. The van der Waals surface area contributed by atoms with Gasteiger partial charge in [-0.1, -0.05) is 91.0 Å². The van der Waals surface area contributed by atoms with Gasteiger partial charge in [-0.25, -0.2) is 0 Å². The summed E-state index contributed by atoms with van der Waals surface area (Å²) >= 11 is 0. The number of primary amides is 1. The van der Waals surface area contributed by atoms with Crippen molar-refractivity contribution in [3.8, 4) is 0 Å². The van der Waals surface area contributed by atoms with Crippen LogP contribution in [-0.4, -0.2) is 12.5 Å². The Morgan fingerprint density at radius 1 is 0.731 bits per heavy atom. The lowest BCUT2D eigenvalue weighted by Crippen LogP contribution is -2.45. The summed E-state index contributed by atoms with van der Waals surface area (Å²) in [4.78, 5) is 11.1. The summed E-state index contributed by atoms with van der Waals surface area (Å²) in [6.07, 6.45) is 1.07. The fourth-order valence-electron chi connectivity index (χ4n) is 3.41. The quantitative estimate of drug-likeness (QED) is 0.482. The molecule has 0 aromatic heterocycles. The van der Waals surface area contributed by atoms with Crippen molar-refractivity contribution in [3.05, 3.63) is 108 Å². The number of carbonyl (C=O) groups is 1. The van der Waals surface area contributed by atoms with E-state index in [0.29, 0.717) is 19.4 Å². The first kappa shape index (κ1) is 17.9. The van der Waals surface area contributed by atoms with Crippen LogP contribution in [0.3, 0.4) is 0 Å². The predicted molar refractivity (Wildman–Crippen MR) is 106 cm³/mol. The monoisotopic (exact) mass is 344 g/mol. The molecule has 0 aliphatic heterocycles. The molecule has 1 amide bonds. The zero-order chi connectivity index (χ0) is 18.2. The molecule has 0 saturated carbocycles. The fourth-order valence-corrected chi connectivity index (χ4v) is 3.41. The van der Waals surface area contributed by atoms with E-state index in [-0.39, 0.29) is 5.91 Å². The number of nitrogens with one attached hydrogen (secondary N) is 1. The van der Waals surface area contributed by atoms with Crippen molar-refractivity contribution in [1.29, 1.82) is 0 Å². The van der Waals surface area contributed by atoms with E-state index in [0.717, 1.165) is 16.7 Å². The smallest absolute Gasteiger partial charge is 0.217 e. The van der Waals surface area contributed by atoms with Gasteiger partial charge in [0.05, 0.1) is 5.54 Å². The van der Waals surface area contributed by atoms with E-state index in [1.807, 2.05) is 18.2 Å². The highest BCUT2D eigenvalue weighted by atomic mass is 16.1. The van der Waals surface area contributed by atoms with Crippen molar-refractivity contribution in [1.82, 2.24) is 5.32 Å². The van der Waals surface area contributed by atoms with E-state index >= 15 is 0 Å². The van der Waals surface area contributed by atoms with Crippen molar-refractivity contribution in [2.75, 3.05) is 6.54 Å². The van der Waals surface area contributed by atoms with Gasteiger partial charge in [-0.05, 0) is 29.7 Å². The van der Waals surface area contributed by atoms with E-state index in [9.17, 15) is 4.79 Å². The average molecular weight is 344 g/mol. The van der Waals surface area contributed by atoms with E-state index < -0.39 is 5.54 Å². The van der Waals surface area contributed by atoms with Crippen LogP contribution in [0.1, 0.15) is 29.5 Å². The summed E-state index contributed by atoms with van der Waals surface area (Å²) in [5.41, 5.74) is 8.31. The van der Waals surface area contributed by atoms with Crippen molar-refractivity contribution in [3.63, 3.8) is 0 Å². The zero-order valence-electron chi connectivity index (χ0n) is 14.8. The van der Waals surface area contributed by atoms with Crippen LogP contribution < -0.4 is 11.1 Å². The molecule has 26 heavy (non-hydrogen) atoms. The molecule has 3 nitrogen and oxygen atoms in total. The predicted octanol–water partition coefficient (Wildman–Crippen LogP) is 3.83. The van der Waals surface area contributed by atoms with Gasteiger partial charge >= 0.3 is 0 Å². The first-order chi connectivity index (χ1) is 12.7. The van der Waals surface area contributed by atoms with Crippen LogP contribution in [0.5, 0.6) is 0 Å². The molecule has 3 heteroatoms. The number of benzene rings is 3. The molecule has 0 aliphatic rings. The number of carbonyl (C=O) groups excluding carboxylic acids is 1. The minimum absolute atomic E-state index is 0.267. The Balaban J connectivity index is 2.10. The molecular formula is C23H24N2O. The molecule has 0 unspecified atom stereocenters. The third-order valence-corrected chi connectivity index (χ3v) is 4.61. The molecular weight excluding hydrogens is 320 g/mol. The topological polar surface area (TPSA) is 55.1 Å². The van der Waals surface area contributed by atoms with Crippen LogP contribution in [0.4, 0.5) is 0 Å². The average Bonchev–Trinajstić information content (AvgIpc) is 2.70. The highest BCUT2D eigenvalue weighted by molar-refractivity contribution is 5.73. The maximum atomic E-state index is 11.1. The number of amides is 1. The van der Waals surface area contributed by atoms with Gasteiger partial charge in [0.1, 0.15) is 0 Å². The van der Waals surface area contributed by atoms with Gasteiger partial charge in [0.25, 0.3) is 0 Å². The van der Waals surface area contributed by atoms with E-state index in [4.69, 9.17) is 5.73 Å². The molecule has 3 rings (SSSR count). The van der Waals surface area contributed by atoms with Crippen molar-refractivity contribution in [2.24, 2.45) is 5.73 Å². The van der Waals surface area contributed by atoms with Crippen molar-refractivity contribution >= 4 is 5.91 Å².